The van der Waals surface area contributed by atoms with E-state index in [9.17, 15) is 9.18 Å². The minimum absolute atomic E-state index is 0.255. The van der Waals surface area contributed by atoms with Crippen molar-refractivity contribution in [2.45, 2.75) is 12.8 Å². The van der Waals surface area contributed by atoms with E-state index < -0.39 is 11.9 Å². The lowest BCUT2D eigenvalue weighted by atomic mass is 9.97. The van der Waals surface area contributed by atoms with Gasteiger partial charge in [-0.3, -0.25) is 4.79 Å². The van der Waals surface area contributed by atoms with E-state index in [0.29, 0.717) is 25.9 Å². The first-order chi connectivity index (χ1) is 12.6. The summed E-state index contributed by atoms with van der Waals surface area (Å²) in [5.41, 5.74) is 2.55. The Kier molecular flexibility index (Phi) is 4.24. The fourth-order valence-corrected chi connectivity index (χ4v) is 3.41. The fraction of sp³-hybridized carbons (Fsp3) is 0.250. The first-order valence-electron chi connectivity index (χ1n) is 8.61. The fourth-order valence-electron chi connectivity index (χ4n) is 3.41. The van der Waals surface area contributed by atoms with Gasteiger partial charge in [-0.25, -0.2) is 9.97 Å². The van der Waals surface area contributed by atoms with Gasteiger partial charge in [-0.2, -0.15) is 4.39 Å². The van der Waals surface area contributed by atoms with Crippen molar-refractivity contribution in [3.8, 4) is 11.1 Å². The Bertz CT molecular complexity index is 968. The van der Waals surface area contributed by atoms with E-state index in [4.69, 9.17) is 10.1 Å². The zero-order chi connectivity index (χ0) is 18.1. The number of hydrogen-bond donors (Lipinski definition) is 1. The summed E-state index contributed by atoms with van der Waals surface area (Å²) in [6.07, 6.45) is 2.74. The predicted octanol–water partition coefficient (Wildman–Crippen LogP) is 3.74. The molecule has 4 rings (SSSR count). The molecule has 1 aliphatic heterocycles. The Morgan fingerprint density at radius 2 is 1.85 bits per heavy atom. The Balaban J connectivity index is 1.59. The van der Waals surface area contributed by atoms with Crippen molar-refractivity contribution >= 4 is 22.7 Å². The summed E-state index contributed by atoms with van der Waals surface area (Å²) in [6, 6.07) is 13.0. The number of carbonyl (C=O) groups is 1. The molecule has 26 heavy (non-hydrogen) atoms. The van der Waals surface area contributed by atoms with Crippen LogP contribution in [0.15, 0.2) is 48.7 Å². The van der Waals surface area contributed by atoms with E-state index in [-0.39, 0.29) is 5.92 Å². The van der Waals surface area contributed by atoms with Gasteiger partial charge in [0, 0.05) is 30.7 Å². The van der Waals surface area contributed by atoms with Crippen molar-refractivity contribution in [1.29, 1.82) is 0 Å². The molecule has 0 atom stereocenters. The van der Waals surface area contributed by atoms with Gasteiger partial charge in [-0.05, 0) is 54.3 Å². The summed E-state index contributed by atoms with van der Waals surface area (Å²) < 4.78 is 13.3. The Morgan fingerprint density at radius 1 is 1.08 bits per heavy atom. The van der Waals surface area contributed by atoms with Gasteiger partial charge in [0.05, 0.1) is 11.4 Å². The van der Waals surface area contributed by atoms with Crippen molar-refractivity contribution in [1.82, 2.24) is 9.97 Å². The third kappa shape index (κ3) is 3.22. The van der Waals surface area contributed by atoms with E-state index in [1.54, 1.807) is 6.07 Å². The summed E-state index contributed by atoms with van der Waals surface area (Å²) in [7, 11) is 0. The molecular weight excluding hydrogens is 333 g/mol. The molecule has 0 amide bonds. The second-order valence-corrected chi connectivity index (χ2v) is 6.54. The van der Waals surface area contributed by atoms with Crippen LogP contribution in [0.2, 0.25) is 0 Å². The first kappa shape index (κ1) is 16.4. The monoisotopic (exact) mass is 351 g/mol. The molecule has 1 saturated heterocycles. The van der Waals surface area contributed by atoms with Crippen LogP contribution in [0, 0.1) is 11.9 Å². The van der Waals surface area contributed by atoms with E-state index in [2.05, 4.69) is 9.88 Å². The van der Waals surface area contributed by atoms with E-state index >= 15 is 0 Å². The number of hydrogen-bond acceptors (Lipinski definition) is 4. The molecule has 2 aromatic heterocycles. The van der Waals surface area contributed by atoms with Crippen LogP contribution in [0.1, 0.15) is 12.8 Å². The number of aromatic nitrogens is 2. The highest BCUT2D eigenvalue weighted by molar-refractivity contribution is 5.85. The van der Waals surface area contributed by atoms with Gasteiger partial charge in [0.1, 0.15) is 5.82 Å². The number of fused-ring (bicyclic) bond motifs is 1. The summed E-state index contributed by atoms with van der Waals surface area (Å²) in [5.74, 6) is -0.601. The number of anilines is 1. The molecule has 3 aromatic rings. The molecule has 1 aromatic carbocycles. The maximum atomic E-state index is 13.3. The van der Waals surface area contributed by atoms with Gasteiger partial charge >= 0.3 is 5.97 Å². The quantitative estimate of drug-likeness (QED) is 0.728. The van der Waals surface area contributed by atoms with Crippen LogP contribution in [0.25, 0.3) is 22.0 Å². The number of rotatable bonds is 3. The van der Waals surface area contributed by atoms with Crippen molar-refractivity contribution in [3.63, 3.8) is 0 Å². The number of benzene rings is 1. The van der Waals surface area contributed by atoms with Crippen LogP contribution in [0.4, 0.5) is 10.2 Å². The molecule has 5 nitrogen and oxygen atoms in total. The number of aliphatic carboxylic acids is 1. The zero-order valence-corrected chi connectivity index (χ0v) is 14.1. The number of pyridine rings is 2. The van der Waals surface area contributed by atoms with Crippen molar-refractivity contribution < 1.29 is 14.3 Å². The Labute approximate surface area is 150 Å². The molecule has 1 N–H and O–H groups in total. The molecule has 132 valence electrons. The van der Waals surface area contributed by atoms with Crippen LogP contribution in [-0.4, -0.2) is 34.1 Å². The lowest BCUT2D eigenvalue weighted by Gasteiger charge is -2.31. The highest BCUT2D eigenvalue weighted by atomic mass is 19.1. The van der Waals surface area contributed by atoms with Crippen LogP contribution in [0.5, 0.6) is 0 Å². The van der Waals surface area contributed by atoms with E-state index in [1.807, 2.05) is 30.3 Å². The Morgan fingerprint density at radius 3 is 2.58 bits per heavy atom. The molecule has 3 heterocycles. The number of halogens is 1. The standard InChI is InChI=1S/C20H18FN3O2/c21-18-12-15(5-8-22-18)14-1-3-17-16(11-14)2-4-19(23-17)24-9-6-13(7-10-24)20(25)26/h1-5,8,11-13H,6-7,9-10H2,(H,25,26). The van der Waals surface area contributed by atoms with Gasteiger partial charge in [0.15, 0.2) is 0 Å². The number of nitrogens with zero attached hydrogens (tertiary/aromatic N) is 3. The summed E-state index contributed by atoms with van der Waals surface area (Å²) >= 11 is 0. The summed E-state index contributed by atoms with van der Waals surface area (Å²) in [5, 5.41) is 10.1. The smallest absolute Gasteiger partial charge is 0.306 e. The molecule has 0 saturated carbocycles. The highest BCUT2D eigenvalue weighted by Crippen LogP contribution is 2.27. The van der Waals surface area contributed by atoms with Crippen LogP contribution in [-0.2, 0) is 4.79 Å². The minimum atomic E-state index is -0.712. The third-order valence-corrected chi connectivity index (χ3v) is 4.90. The average molecular weight is 351 g/mol. The van der Waals surface area contributed by atoms with Crippen molar-refractivity contribution in [2.24, 2.45) is 5.92 Å². The van der Waals surface area contributed by atoms with Crippen molar-refractivity contribution in [2.75, 3.05) is 18.0 Å². The largest absolute Gasteiger partial charge is 0.481 e. The second-order valence-electron chi connectivity index (χ2n) is 6.54. The number of carboxylic acids is 1. The lowest BCUT2D eigenvalue weighted by Crippen LogP contribution is -2.36. The molecule has 0 unspecified atom stereocenters. The maximum absolute atomic E-state index is 13.3. The van der Waals surface area contributed by atoms with Crippen LogP contribution < -0.4 is 4.90 Å². The van der Waals surface area contributed by atoms with Crippen molar-refractivity contribution in [3.05, 3.63) is 54.6 Å². The molecule has 0 bridgehead atoms. The van der Waals surface area contributed by atoms with E-state index in [1.165, 1.54) is 12.3 Å². The Hall–Kier alpha value is -3.02. The molecule has 6 heteroatoms. The SMILES string of the molecule is O=C(O)C1CCN(c2ccc3cc(-c4ccnc(F)c4)ccc3n2)CC1. The first-order valence-corrected chi connectivity index (χ1v) is 8.61. The topological polar surface area (TPSA) is 66.3 Å². The van der Waals surface area contributed by atoms with E-state index in [0.717, 1.165) is 27.8 Å². The lowest BCUT2D eigenvalue weighted by molar-refractivity contribution is -0.142. The molecule has 0 spiro atoms. The van der Waals surface area contributed by atoms with Gasteiger partial charge in [-0.15, -0.1) is 0 Å². The minimum Gasteiger partial charge on any atom is -0.481 e. The second kappa shape index (κ2) is 6.71. The predicted molar refractivity (Wildman–Crippen MR) is 97.5 cm³/mol. The van der Waals surface area contributed by atoms with Crippen LogP contribution >= 0.6 is 0 Å². The number of piperidine rings is 1. The number of carboxylic acid groups (broad SMARTS) is 1. The summed E-state index contributed by atoms with van der Waals surface area (Å²) in [4.78, 5) is 21.5. The highest BCUT2D eigenvalue weighted by Gasteiger charge is 2.25. The van der Waals surface area contributed by atoms with Crippen LogP contribution in [0.3, 0.4) is 0 Å². The maximum Gasteiger partial charge on any atom is 0.306 e. The average Bonchev–Trinajstić information content (AvgIpc) is 2.67. The van der Waals surface area contributed by atoms with Gasteiger partial charge in [0.25, 0.3) is 0 Å². The van der Waals surface area contributed by atoms with Gasteiger partial charge < -0.3 is 10.0 Å². The zero-order valence-electron chi connectivity index (χ0n) is 14.1. The molecule has 0 aliphatic carbocycles. The van der Waals surface area contributed by atoms with Gasteiger partial charge in [-0.1, -0.05) is 6.07 Å². The normalized spacial score (nSPS) is 15.3. The third-order valence-electron chi connectivity index (χ3n) is 4.90. The molecule has 1 aliphatic rings. The van der Waals surface area contributed by atoms with Gasteiger partial charge in [0.2, 0.25) is 5.95 Å². The summed E-state index contributed by atoms with van der Waals surface area (Å²) in [6.45, 7) is 1.40. The molecule has 0 radical (unpaired) electrons. The molecular formula is C20H18FN3O2. The molecule has 1 fully saturated rings.